The van der Waals surface area contributed by atoms with Crippen LogP contribution >= 0.6 is 0 Å². The summed E-state index contributed by atoms with van der Waals surface area (Å²) in [5.41, 5.74) is 7.67. The Bertz CT molecular complexity index is 1380. The summed E-state index contributed by atoms with van der Waals surface area (Å²) in [6.07, 6.45) is 4.88. The van der Waals surface area contributed by atoms with Crippen LogP contribution in [-0.4, -0.2) is 81.1 Å². The molecule has 0 aromatic heterocycles. The van der Waals surface area contributed by atoms with E-state index in [-0.39, 0.29) is 36.0 Å². The zero-order valence-corrected chi connectivity index (χ0v) is 26.8. The van der Waals surface area contributed by atoms with Crippen LogP contribution in [0.15, 0.2) is 48.5 Å². The maximum absolute atomic E-state index is 12.6. The lowest BCUT2D eigenvalue weighted by molar-refractivity contribution is -0.132. The molecule has 0 aliphatic carbocycles. The van der Waals surface area contributed by atoms with E-state index in [1.807, 2.05) is 6.92 Å². The number of carbonyl (C=O) groups excluding carboxylic acids is 4. The van der Waals surface area contributed by atoms with Gasteiger partial charge >= 0.3 is 18.0 Å². The number of hydrogen-bond acceptors (Lipinski definition) is 9. The van der Waals surface area contributed by atoms with Crippen molar-refractivity contribution in [1.82, 2.24) is 20.9 Å². The summed E-state index contributed by atoms with van der Waals surface area (Å²) < 4.78 is 36.1. The fourth-order valence-electron chi connectivity index (χ4n) is 4.66. The van der Waals surface area contributed by atoms with Crippen molar-refractivity contribution < 1.29 is 40.7 Å². The van der Waals surface area contributed by atoms with Crippen LogP contribution in [0.1, 0.15) is 67.4 Å². The number of amides is 4. The fraction of sp³-hybridized carbons (Fsp3) is 0.467. The Labute approximate surface area is 270 Å². The minimum atomic E-state index is -4.90. The largest absolute Gasteiger partial charge is 0.488 e. The molecule has 1 fully saturated rings. The van der Waals surface area contributed by atoms with Gasteiger partial charge < -0.3 is 35.8 Å². The number of halogens is 1. The fourth-order valence-corrected chi connectivity index (χ4v) is 5.00. The first-order valence-electron chi connectivity index (χ1n) is 15.0. The highest BCUT2D eigenvalue weighted by molar-refractivity contribution is 7.81. The monoisotopic (exact) mass is 662 g/mol. The molecule has 46 heavy (non-hydrogen) atoms. The second-order valence-corrected chi connectivity index (χ2v) is 11.5. The van der Waals surface area contributed by atoms with E-state index in [9.17, 15) is 36.5 Å². The van der Waals surface area contributed by atoms with E-state index in [0.717, 1.165) is 44.3 Å². The molecule has 1 saturated heterocycles. The van der Waals surface area contributed by atoms with Crippen LogP contribution in [0.2, 0.25) is 0 Å². The third-order valence-corrected chi connectivity index (χ3v) is 7.61. The van der Waals surface area contributed by atoms with Crippen LogP contribution in [0.5, 0.6) is 5.75 Å². The minimum Gasteiger partial charge on any atom is -0.452 e. The van der Waals surface area contributed by atoms with Gasteiger partial charge in [-0.1, -0.05) is 35.1 Å². The molecule has 2 aromatic carbocycles. The summed E-state index contributed by atoms with van der Waals surface area (Å²) in [5.74, 6) is -1.23. The summed E-state index contributed by atoms with van der Waals surface area (Å²) in [5, 5.41) is 17.3. The van der Waals surface area contributed by atoms with Gasteiger partial charge in [0.2, 0.25) is 18.2 Å². The maximum atomic E-state index is 12.6. The van der Waals surface area contributed by atoms with Gasteiger partial charge in [-0.25, -0.2) is 0 Å². The van der Waals surface area contributed by atoms with Crippen molar-refractivity contribution in [1.29, 1.82) is 0 Å². The van der Waals surface area contributed by atoms with Gasteiger partial charge in [0.05, 0.1) is 0 Å². The van der Waals surface area contributed by atoms with Crippen molar-refractivity contribution in [2.24, 2.45) is 5.73 Å². The number of rotatable bonds is 16. The molecule has 0 spiro atoms. The summed E-state index contributed by atoms with van der Waals surface area (Å²) in [6.45, 7) is 4.91. The zero-order valence-electron chi connectivity index (χ0n) is 26.0. The van der Waals surface area contributed by atoms with E-state index in [4.69, 9.17) is 5.73 Å². The summed E-state index contributed by atoms with van der Waals surface area (Å²) >= 11 is 0. The summed E-state index contributed by atoms with van der Waals surface area (Å²) in [6, 6.07) is 11.5. The van der Waals surface area contributed by atoms with Gasteiger partial charge in [0.25, 0.3) is 5.91 Å². The van der Waals surface area contributed by atoms with Crippen LogP contribution in [0.4, 0.5) is 3.89 Å². The van der Waals surface area contributed by atoms with Crippen LogP contribution < -0.4 is 25.9 Å². The maximum Gasteiger partial charge on any atom is 0.488 e. The van der Waals surface area contributed by atoms with Gasteiger partial charge in [-0.3, -0.25) is 19.2 Å². The molecule has 3 unspecified atom stereocenters. The second kappa shape index (κ2) is 19.5. The summed E-state index contributed by atoms with van der Waals surface area (Å²) in [4.78, 5) is 49.8. The second-order valence-electron chi connectivity index (χ2n) is 10.6. The lowest BCUT2D eigenvalue weighted by atomic mass is 9.86. The Balaban J connectivity index is 0.000000471. The van der Waals surface area contributed by atoms with Crippen LogP contribution in [0.3, 0.4) is 0 Å². The predicted molar refractivity (Wildman–Crippen MR) is 170 cm³/mol. The lowest BCUT2D eigenvalue weighted by Gasteiger charge is -2.26. The van der Waals surface area contributed by atoms with Gasteiger partial charge in [0, 0.05) is 24.6 Å². The van der Waals surface area contributed by atoms with E-state index in [1.54, 1.807) is 48.2 Å². The van der Waals surface area contributed by atoms with Gasteiger partial charge in [0.15, 0.2) is 0 Å². The number of nitrogens with two attached hydrogens (primary N) is 1. The smallest absolute Gasteiger partial charge is 0.452 e. The molecule has 251 valence electrons. The van der Waals surface area contributed by atoms with E-state index < -0.39 is 22.6 Å². The number of aryl methyl sites for hydroxylation is 1. The molecule has 13 nitrogen and oxygen atoms in total. The Hall–Kier alpha value is -4.02. The van der Waals surface area contributed by atoms with Crippen LogP contribution in [0, 0.1) is 0 Å². The van der Waals surface area contributed by atoms with Gasteiger partial charge in [-0.2, -0.15) is 8.42 Å². The molecule has 16 heteroatoms. The number of likely N-dealkylation sites (tertiary alicyclic amines) is 1. The first-order valence-corrected chi connectivity index (χ1v) is 16.3. The molecular weight excluding hydrogens is 620 g/mol. The van der Waals surface area contributed by atoms with Crippen molar-refractivity contribution in [3.63, 3.8) is 0 Å². The predicted octanol–water partition coefficient (Wildman–Crippen LogP) is 1.07. The molecule has 2 aromatic rings. The molecule has 6 N–H and O–H groups in total. The zero-order chi connectivity index (χ0) is 34.1. The normalized spacial score (nSPS) is 15.4. The standard InChI is InChI=1S/C22H33BN5O5.C8H9FO3S/c1-15(22(32)28-12-4-6-19(28)23-33)27-20(30)17-9-7-16(8-10-17)13-25-21(31)18(26-14-29)5-2-3-11-24;1-2-7-3-5-8(6-4-7)12-13(9,10)11/h7-10,14-15,18-19,33H,2-6,11-13,24H2,1H3,(H,25,31)(H,26,29)(H,27,30);3-6H,2H2,1H3. The van der Waals surface area contributed by atoms with Crippen molar-refractivity contribution >= 4 is 42.1 Å². The SMILES string of the molecule is CC(NC(=O)c1ccc(CNC(=O)C(CCCCN)NC=O)cc1)C(=O)N1CCCC1[B]O.CCc1ccc(OS(=O)(=O)F)cc1. The average molecular weight is 663 g/mol. The van der Waals surface area contributed by atoms with Gasteiger partial charge in [-0.05, 0) is 87.4 Å². The first kappa shape index (κ1) is 38.2. The average Bonchev–Trinajstić information content (AvgIpc) is 3.52. The van der Waals surface area contributed by atoms with E-state index in [1.165, 1.54) is 12.1 Å². The molecule has 1 heterocycles. The highest BCUT2D eigenvalue weighted by Crippen LogP contribution is 2.17. The van der Waals surface area contributed by atoms with Crippen molar-refractivity contribution in [2.45, 2.75) is 76.9 Å². The van der Waals surface area contributed by atoms with Crippen LogP contribution in [0.25, 0.3) is 0 Å². The number of nitrogens with one attached hydrogen (secondary N) is 3. The molecule has 3 rings (SSSR count). The van der Waals surface area contributed by atoms with Crippen LogP contribution in [-0.2, 0) is 37.9 Å². The molecule has 1 radical (unpaired) electrons. The number of benzene rings is 2. The third kappa shape index (κ3) is 13.1. The highest BCUT2D eigenvalue weighted by atomic mass is 32.3. The first-order chi connectivity index (χ1) is 21.9. The number of nitrogens with zero attached hydrogens (tertiary/aromatic N) is 1. The molecule has 4 amide bonds. The van der Waals surface area contributed by atoms with E-state index in [0.29, 0.717) is 37.9 Å². The van der Waals surface area contributed by atoms with Crippen molar-refractivity contribution in [2.75, 3.05) is 13.1 Å². The minimum absolute atomic E-state index is 0.0142. The molecule has 0 saturated carbocycles. The third-order valence-electron chi connectivity index (χ3n) is 7.22. The van der Waals surface area contributed by atoms with Crippen molar-refractivity contribution in [3.8, 4) is 5.75 Å². The van der Waals surface area contributed by atoms with E-state index in [2.05, 4.69) is 20.1 Å². The highest BCUT2D eigenvalue weighted by Gasteiger charge is 2.32. The Morgan fingerprint density at radius 3 is 2.35 bits per heavy atom. The molecule has 1 aliphatic heterocycles. The Morgan fingerprint density at radius 1 is 1.13 bits per heavy atom. The van der Waals surface area contributed by atoms with Gasteiger partial charge in [-0.15, -0.1) is 0 Å². The molecule has 0 bridgehead atoms. The Kier molecular flexibility index (Phi) is 16.2. The van der Waals surface area contributed by atoms with E-state index >= 15 is 0 Å². The topological polar surface area (TPSA) is 197 Å². The molecule has 3 atom stereocenters. The Morgan fingerprint density at radius 2 is 1.78 bits per heavy atom. The van der Waals surface area contributed by atoms with Crippen molar-refractivity contribution in [3.05, 3.63) is 65.2 Å². The number of unbranched alkanes of at least 4 members (excludes halogenated alkanes) is 1. The summed E-state index contributed by atoms with van der Waals surface area (Å²) in [7, 11) is -3.87. The lowest BCUT2D eigenvalue weighted by Crippen LogP contribution is -2.49. The van der Waals surface area contributed by atoms with Gasteiger partial charge in [0.1, 0.15) is 17.8 Å². The number of carbonyl (C=O) groups is 4. The quantitative estimate of drug-likeness (QED) is 0.0756. The molecule has 1 aliphatic rings. The number of hydrogen-bond donors (Lipinski definition) is 5. The molecular formula is C30H42BFN5O8S.